The second kappa shape index (κ2) is 4.45. The highest BCUT2D eigenvalue weighted by Crippen LogP contribution is 2.64. The molecule has 0 aromatic carbocycles. The normalized spacial score (nSPS) is 55.4. The Balaban J connectivity index is 1.69. The maximum Gasteiger partial charge on any atom is 0.0905 e. The summed E-state index contributed by atoms with van der Waals surface area (Å²) in [5.41, 5.74) is 1.77. The van der Waals surface area contributed by atoms with Crippen LogP contribution in [0.1, 0.15) is 52.4 Å². The van der Waals surface area contributed by atoms with E-state index in [1.54, 1.807) is 0 Å². The number of allylic oxidation sites excluding steroid dienone is 2. The number of hydrogen-bond donors (Lipinski definition) is 2. The largest absolute Gasteiger partial charge is 0.393 e. The maximum absolute atomic E-state index is 10.4. The van der Waals surface area contributed by atoms with Crippen molar-refractivity contribution >= 4 is 0 Å². The zero-order valence-corrected chi connectivity index (χ0v) is 13.3. The van der Waals surface area contributed by atoms with Gasteiger partial charge in [0.05, 0.1) is 12.2 Å². The van der Waals surface area contributed by atoms with E-state index in [1.165, 1.54) is 31.3 Å². The van der Waals surface area contributed by atoms with E-state index in [0.717, 1.165) is 18.8 Å². The minimum atomic E-state index is -0.383. The number of aliphatic hydroxyl groups excluding tert-OH is 2. The van der Waals surface area contributed by atoms with Gasteiger partial charge in [-0.05, 0) is 61.7 Å². The third-order valence-electron chi connectivity index (χ3n) is 7.61. The molecule has 0 radical (unpaired) electrons. The predicted molar refractivity (Wildman–Crippen MR) is 83.6 cm³/mol. The zero-order chi connectivity index (χ0) is 14.8. The molecule has 2 N–H and O–H groups in total. The Bertz CT molecular complexity index is 508. The van der Waals surface area contributed by atoms with Gasteiger partial charge in [0.1, 0.15) is 0 Å². The van der Waals surface area contributed by atoms with Crippen LogP contribution in [0, 0.1) is 28.6 Å². The van der Waals surface area contributed by atoms with E-state index in [1.807, 2.05) is 6.08 Å². The third-order valence-corrected chi connectivity index (χ3v) is 7.61. The van der Waals surface area contributed by atoms with Crippen LogP contribution in [-0.4, -0.2) is 22.4 Å². The van der Waals surface area contributed by atoms with Crippen LogP contribution in [0.3, 0.4) is 0 Å². The minimum absolute atomic E-state index is 0.0862. The molecule has 0 aromatic heterocycles. The molecule has 21 heavy (non-hydrogen) atoms. The summed E-state index contributed by atoms with van der Waals surface area (Å²) >= 11 is 0. The Labute approximate surface area is 127 Å². The molecule has 0 spiro atoms. The summed E-state index contributed by atoms with van der Waals surface area (Å²) in [6.07, 6.45) is 12.9. The lowest BCUT2D eigenvalue weighted by Gasteiger charge is -2.56. The van der Waals surface area contributed by atoms with Crippen LogP contribution in [-0.2, 0) is 0 Å². The summed E-state index contributed by atoms with van der Waals surface area (Å²) < 4.78 is 0. The molecule has 3 fully saturated rings. The number of fused-ring (bicyclic) bond motifs is 5. The Morgan fingerprint density at radius 3 is 2.67 bits per heavy atom. The lowest BCUT2D eigenvalue weighted by Crippen LogP contribution is -2.50. The van der Waals surface area contributed by atoms with Gasteiger partial charge in [0, 0.05) is 5.41 Å². The van der Waals surface area contributed by atoms with Crippen LogP contribution in [0.15, 0.2) is 23.8 Å². The Morgan fingerprint density at radius 1 is 1.05 bits per heavy atom. The lowest BCUT2D eigenvalue weighted by molar-refractivity contribution is -0.0620. The third kappa shape index (κ3) is 1.78. The van der Waals surface area contributed by atoms with Gasteiger partial charge in [-0.15, -0.1) is 0 Å². The second-order valence-corrected chi connectivity index (χ2v) is 8.38. The van der Waals surface area contributed by atoms with Crippen molar-refractivity contribution in [3.8, 4) is 0 Å². The van der Waals surface area contributed by atoms with Crippen LogP contribution in [0.5, 0.6) is 0 Å². The molecule has 0 amide bonds. The van der Waals surface area contributed by atoms with Gasteiger partial charge < -0.3 is 10.2 Å². The molecule has 3 unspecified atom stereocenters. The van der Waals surface area contributed by atoms with Crippen molar-refractivity contribution in [2.75, 3.05) is 0 Å². The Morgan fingerprint density at radius 2 is 1.86 bits per heavy atom. The highest BCUT2D eigenvalue weighted by molar-refractivity contribution is 5.33. The summed E-state index contributed by atoms with van der Waals surface area (Å²) in [6.45, 7) is 4.71. The summed E-state index contributed by atoms with van der Waals surface area (Å²) in [5, 5.41) is 20.3. The molecule has 0 bridgehead atoms. The van der Waals surface area contributed by atoms with Gasteiger partial charge in [0.15, 0.2) is 0 Å². The average Bonchev–Trinajstić information content (AvgIpc) is 2.76. The monoisotopic (exact) mass is 288 g/mol. The van der Waals surface area contributed by atoms with Crippen LogP contribution in [0.25, 0.3) is 0 Å². The molecule has 2 heteroatoms. The fraction of sp³-hybridized carbons (Fsp3) is 0.789. The van der Waals surface area contributed by atoms with E-state index in [9.17, 15) is 10.2 Å². The summed E-state index contributed by atoms with van der Waals surface area (Å²) in [7, 11) is 0. The number of hydrogen-bond acceptors (Lipinski definition) is 2. The average molecular weight is 288 g/mol. The fourth-order valence-corrected chi connectivity index (χ4v) is 6.29. The summed E-state index contributed by atoms with van der Waals surface area (Å²) in [5.74, 6) is 2.15. The highest BCUT2D eigenvalue weighted by atomic mass is 16.3. The van der Waals surface area contributed by atoms with Gasteiger partial charge in [-0.3, -0.25) is 0 Å². The van der Waals surface area contributed by atoms with E-state index in [4.69, 9.17) is 0 Å². The smallest absolute Gasteiger partial charge is 0.0905 e. The topological polar surface area (TPSA) is 40.5 Å². The molecule has 4 aliphatic carbocycles. The number of aliphatic hydroxyl groups is 2. The van der Waals surface area contributed by atoms with Crippen LogP contribution >= 0.6 is 0 Å². The molecule has 3 saturated carbocycles. The second-order valence-electron chi connectivity index (χ2n) is 8.38. The maximum atomic E-state index is 10.4. The van der Waals surface area contributed by atoms with Crippen molar-refractivity contribution in [2.24, 2.45) is 28.6 Å². The predicted octanol–water partition coefficient (Wildman–Crippen LogP) is 3.45. The first-order chi connectivity index (χ1) is 9.95. The molecule has 0 aromatic rings. The zero-order valence-electron chi connectivity index (χ0n) is 13.3. The van der Waals surface area contributed by atoms with Crippen molar-refractivity contribution in [1.29, 1.82) is 0 Å². The summed E-state index contributed by atoms with van der Waals surface area (Å²) in [4.78, 5) is 0. The number of rotatable bonds is 0. The molecule has 2 nitrogen and oxygen atoms in total. The van der Waals surface area contributed by atoms with E-state index in [2.05, 4.69) is 26.0 Å². The van der Waals surface area contributed by atoms with Gasteiger partial charge in [-0.1, -0.05) is 37.6 Å². The van der Waals surface area contributed by atoms with Gasteiger partial charge in [0.2, 0.25) is 0 Å². The first-order valence-corrected chi connectivity index (χ1v) is 8.72. The van der Waals surface area contributed by atoms with Crippen LogP contribution < -0.4 is 0 Å². The van der Waals surface area contributed by atoms with Crippen molar-refractivity contribution in [3.63, 3.8) is 0 Å². The first kappa shape index (κ1) is 14.0. The first-order valence-electron chi connectivity index (χ1n) is 8.72. The van der Waals surface area contributed by atoms with Gasteiger partial charge in [0.25, 0.3) is 0 Å². The Kier molecular flexibility index (Phi) is 2.97. The molecule has 0 saturated heterocycles. The van der Waals surface area contributed by atoms with Crippen molar-refractivity contribution in [1.82, 2.24) is 0 Å². The van der Waals surface area contributed by atoms with Crippen molar-refractivity contribution < 1.29 is 10.2 Å². The van der Waals surface area contributed by atoms with E-state index in [0.29, 0.717) is 11.8 Å². The van der Waals surface area contributed by atoms with Gasteiger partial charge in [-0.2, -0.15) is 0 Å². The van der Waals surface area contributed by atoms with Crippen molar-refractivity contribution in [2.45, 2.75) is 64.6 Å². The molecular weight excluding hydrogens is 260 g/mol. The quantitative estimate of drug-likeness (QED) is 0.670. The molecule has 4 rings (SSSR count). The van der Waals surface area contributed by atoms with E-state index < -0.39 is 0 Å². The lowest BCUT2D eigenvalue weighted by atomic mass is 9.48. The molecule has 0 aliphatic heterocycles. The fourth-order valence-electron chi connectivity index (χ4n) is 6.29. The standard InChI is InChI=1S/C19H28O2/c1-18-9-7-13(20)11-12(18)3-4-14-15-5-6-17(21)19(15,2)10-8-16(14)18/h7,9,11,13-17,20-21H,3-6,8,10H2,1-2H3/t13-,14?,15?,16?,17-,18-,19-/m0/s1. The van der Waals surface area contributed by atoms with E-state index in [-0.39, 0.29) is 23.0 Å². The molecule has 0 heterocycles. The van der Waals surface area contributed by atoms with Gasteiger partial charge >= 0.3 is 0 Å². The molecule has 7 atom stereocenters. The molecule has 116 valence electrons. The molecular formula is C19H28O2. The summed E-state index contributed by atoms with van der Waals surface area (Å²) in [6, 6.07) is 0. The van der Waals surface area contributed by atoms with Crippen LogP contribution in [0.2, 0.25) is 0 Å². The SMILES string of the molecule is C[C@]12C=C[C@H](O)C=C1CCC1C2CC[C@@]2(C)C1CC[C@@H]2O. The Hall–Kier alpha value is -0.600. The highest BCUT2D eigenvalue weighted by Gasteiger charge is 2.58. The van der Waals surface area contributed by atoms with Gasteiger partial charge in [-0.25, -0.2) is 0 Å². The van der Waals surface area contributed by atoms with Crippen molar-refractivity contribution in [3.05, 3.63) is 23.8 Å². The molecule has 4 aliphatic rings. The van der Waals surface area contributed by atoms with Crippen LogP contribution in [0.4, 0.5) is 0 Å². The van der Waals surface area contributed by atoms with E-state index >= 15 is 0 Å². The minimum Gasteiger partial charge on any atom is -0.393 e.